The van der Waals surface area contributed by atoms with Crippen molar-refractivity contribution in [1.82, 2.24) is 0 Å². The van der Waals surface area contributed by atoms with Crippen LogP contribution in [0.5, 0.6) is 0 Å². The maximum atomic E-state index is 10.9. The van der Waals surface area contributed by atoms with Crippen molar-refractivity contribution in [3.05, 3.63) is 11.6 Å². The van der Waals surface area contributed by atoms with Gasteiger partial charge in [0.05, 0.1) is 18.3 Å². The number of rotatable bonds is 0. The van der Waals surface area contributed by atoms with E-state index in [9.17, 15) is 15.3 Å². The molecule has 3 nitrogen and oxygen atoms in total. The average molecular weight is 306 g/mol. The van der Waals surface area contributed by atoms with E-state index in [1.165, 1.54) is 5.57 Å². The molecule has 0 aromatic heterocycles. The Balaban J connectivity index is 1.73. The van der Waals surface area contributed by atoms with E-state index in [4.69, 9.17) is 0 Å². The Kier molecular flexibility index (Phi) is 3.32. The van der Waals surface area contributed by atoms with E-state index < -0.39 is 6.10 Å². The lowest BCUT2D eigenvalue weighted by Gasteiger charge is -2.58. The number of hydrogen-bond acceptors (Lipinski definition) is 3. The molecular formula is C19H30O3. The first kappa shape index (κ1) is 15.2. The standard InChI is InChI=1S/C19H30O3/c1-18-7-5-12(20)9-11(18)10-15(21)17-13-3-4-16(22)19(13,2)8-6-14(17)18/h10,12-17,20-22H,3-9H2,1-2H3/t12-,13?,14?,15-,16-,17-,18-,19-/m0/s1. The Morgan fingerprint density at radius 2 is 1.73 bits per heavy atom. The van der Waals surface area contributed by atoms with Crippen molar-refractivity contribution in [3.8, 4) is 0 Å². The molecule has 3 fully saturated rings. The molecule has 0 bridgehead atoms. The van der Waals surface area contributed by atoms with Gasteiger partial charge in [0.2, 0.25) is 0 Å². The van der Waals surface area contributed by atoms with Crippen LogP contribution >= 0.6 is 0 Å². The molecule has 4 aliphatic rings. The minimum absolute atomic E-state index is 0.00195. The summed E-state index contributed by atoms with van der Waals surface area (Å²) in [5, 5.41) is 31.3. The molecule has 0 heterocycles. The topological polar surface area (TPSA) is 60.7 Å². The zero-order chi connectivity index (χ0) is 15.7. The number of fused-ring (bicyclic) bond motifs is 5. The second-order valence-electron chi connectivity index (χ2n) is 8.92. The third kappa shape index (κ3) is 1.85. The van der Waals surface area contributed by atoms with Crippen LogP contribution in [0, 0.1) is 28.6 Å². The average Bonchev–Trinajstić information content (AvgIpc) is 2.77. The van der Waals surface area contributed by atoms with Crippen LogP contribution in [0.3, 0.4) is 0 Å². The Morgan fingerprint density at radius 1 is 0.955 bits per heavy atom. The lowest BCUT2D eigenvalue weighted by Crippen LogP contribution is -2.55. The molecule has 4 aliphatic carbocycles. The summed E-state index contributed by atoms with van der Waals surface area (Å²) < 4.78 is 0. The molecular weight excluding hydrogens is 276 g/mol. The van der Waals surface area contributed by atoms with Crippen molar-refractivity contribution in [3.63, 3.8) is 0 Å². The smallest absolute Gasteiger partial charge is 0.0757 e. The number of aliphatic hydroxyl groups excluding tert-OH is 3. The van der Waals surface area contributed by atoms with E-state index in [0.717, 1.165) is 44.9 Å². The van der Waals surface area contributed by atoms with E-state index in [-0.39, 0.29) is 23.0 Å². The maximum Gasteiger partial charge on any atom is 0.0757 e. The molecule has 4 rings (SSSR count). The highest BCUT2D eigenvalue weighted by atomic mass is 16.3. The van der Waals surface area contributed by atoms with Gasteiger partial charge in [-0.3, -0.25) is 0 Å². The Morgan fingerprint density at radius 3 is 2.50 bits per heavy atom. The van der Waals surface area contributed by atoms with Crippen molar-refractivity contribution in [2.24, 2.45) is 28.6 Å². The molecule has 0 spiro atoms. The first-order chi connectivity index (χ1) is 10.4. The van der Waals surface area contributed by atoms with Crippen LogP contribution in [-0.2, 0) is 0 Å². The summed E-state index contributed by atoms with van der Waals surface area (Å²) in [4.78, 5) is 0. The lowest BCUT2D eigenvalue weighted by atomic mass is 9.47. The summed E-state index contributed by atoms with van der Waals surface area (Å²) in [5.41, 5.74) is 1.44. The fourth-order valence-corrected chi connectivity index (χ4v) is 6.60. The van der Waals surface area contributed by atoms with Crippen LogP contribution in [0.1, 0.15) is 58.8 Å². The van der Waals surface area contributed by atoms with Crippen molar-refractivity contribution >= 4 is 0 Å². The quantitative estimate of drug-likeness (QED) is 0.603. The first-order valence-electron chi connectivity index (χ1n) is 9.11. The fraction of sp³-hybridized carbons (Fsp3) is 0.895. The maximum absolute atomic E-state index is 10.9. The predicted octanol–water partition coefficient (Wildman–Crippen LogP) is 2.64. The molecule has 0 aliphatic heterocycles. The zero-order valence-electron chi connectivity index (χ0n) is 13.8. The van der Waals surface area contributed by atoms with Crippen LogP contribution in [0.25, 0.3) is 0 Å². The molecule has 3 N–H and O–H groups in total. The highest BCUT2D eigenvalue weighted by Gasteiger charge is 2.60. The number of hydrogen-bond donors (Lipinski definition) is 3. The molecule has 2 unspecified atom stereocenters. The largest absolute Gasteiger partial charge is 0.393 e. The monoisotopic (exact) mass is 306 g/mol. The highest BCUT2D eigenvalue weighted by Crippen LogP contribution is 2.64. The Bertz CT molecular complexity index is 501. The van der Waals surface area contributed by atoms with E-state index in [0.29, 0.717) is 17.8 Å². The molecule has 0 saturated heterocycles. The molecule has 0 amide bonds. The first-order valence-corrected chi connectivity index (χ1v) is 9.11. The number of aliphatic hydroxyl groups is 3. The van der Waals surface area contributed by atoms with Gasteiger partial charge in [0.25, 0.3) is 0 Å². The minimum atomic E-state index is -0.395. The second-order valence-corrected chi connectivity index (χ2v) is 8.92. The minimum Gasteiger partial charge on any atom is -0.393 e. The van der Waals surface area contributed by atoms with Crippen LogP contribution in [0.15, 0.2) is 11.6 Å². The normalized spacial score (nSPS) is 57.6. The summed E-state index contributed by atoms with van der Waals surface area (Å²) in [7, 11) is 0. The molecule has 3 heteroatoms. The molecule has 124 valence electrons. The lowest BCUT2D eigenvalue weighted by molar-refractivity contribution is -0.105. The van der Waals surface area contributed by atoms with Crippen molar-refractivity contribution in [2.75, 3.05) is 0 Å². The summed E-state index contributed by atoms with van der Waals surface area (Å²) in [6.45, 7) is 4.60. The van der Waals surface area contributed by atoms with Gasteiger partial charge in [-0.2, -0.15) is 0 Å². The summed E-state index contributed by atoms with van der Waals surface area (Å²) in [6.07, 6.45) is 8.05. The van der Waals surface area contributed by atoms with E-state index in [2.05, 4.69) is 19.9 Å². The Labute approximate surface area is 133 Å². The van der Waals surface area contributed by atoms with Crippen molar-refractivity contribution in [1.29, 1.82) is 0 Å². The highest BCUT2D eigenvalue weighted by molar-refractivity contribution is 5.27. The second kappa shape index (κ2) is 4.81. The summed E-state index contributed by atoms with van der Waals surface area (Å²) >= 11 is 0. The van der Waals surface area contributed by atoms with Gasteiger partial charge >= 0.3 is 0 Å². The SMILES string of the molecule is C[C@]12CC[C@H](O)CC1=C[C@H](O)[C@@H]1C2CC[C@@]2(C)C1CC[C@@H]2O. The van der Waals surface area contributed by atoms with Gasteiger partial charge in [-0.1, -0.05) is 25.5 Å². The fourth-order valence-electron chi connectivity index (χ4n) is 6.60. The van der Waals surface area contributed by atoms with E-state index >= 15 is 0 Å². The van der Waals surface area contributed by atoms with Crippen LogP contribution in [0.4, 0.5) is 0 Å². The molecule has 22 heavy (non-hydrogen) atoms. The predicted molar refractivity (Wildman–Crippen MR) is 85.1 cm³/mol. The van der Waals surface area contributed by atoms with E-state index in [1.54, 1.807) is 0 Å². The molecule has 0 aromatic rings. The Hall–Kier alpha value is -0.380. The summed E-state index contributed by atoms with van der Waals surface area (Å²) in [5.74, 6) is 1.25. The summed E-state index contributed by atoms with van der Waals surface area (Å²) in [6, 6.07) is 0. The van der Waals surface area contributed by atoms with E-state index in [1.807, 2.05) is 0 Å². The zero-order valence-corrected chi connectivity index (χ0v) is 13.8. The van der Waals surface area contributed by atoms with Crippen LogP contribution in [-0.4, -0.2) is 33.6 Å². The van der Waals surface area contributed by atoms with Gasteiger partial charge < -0.3 is 15.3 Å². The van der Waals surface area contributed by atoms with Gasteiger partial charge in [-0.25, -0.2) is 0 Å². The van der Waals surface area contributed by atoms with Gasteiger partial charge in [-0.15, -0.1) is 0 Å². The molecule has 8 atom stereocenters. The van der Waals surface area contributed by atoms with Crippen molar-refractivity contribution in [2.45, 2.75) is 77.1 Å². The molecule has 3 saturated carbocycles. The third-order valence-electron chi connectivity index (χ3n) is 8.05. The van der Waals surface area contributed by atoms with Gasteiger partial charge in [0, 0.05) is 0 Å². The van der Waals surface area contributed by atoms with Gasteiger partial charge in [0.1, 0.15) is 0 Å². The van der Waals surface area contributed by atoms with Gasteiger partial charge in [0.15, 0.2) is 0 Å². The molecule has 0 radical (unpaired) electrons. The van der Waals surface area contributed by atoms with Crippen LogP contribution in [0.2, 0.25) is 0 Å². The van der Waals surface area contributed by atoms with Crippen LogP contribution < -0.4 is 0 Å². The third-order valence-corrected chi connectivity index (χ3v) is 8.05. The molecule has 0 aromatic carbocycles. The van der Waals surface area contributed by atoms with Gasteiger partial charge in [-0.05, 0) is 73.5 Å². The van der Waals surface area contributed by atoms with Crippen molar-refractivity contribution < 1.29 is 15.3 Å².